The van der Waals surface area contributed by atoms with E-state index in [1.54, 1.807) is 0 Å². The molecule has 2 atom stereocenters. The molecule has 0 bridgehead atoms. The van der Waals surface area contributed by atoms with E-state index >= 15 is 0 Å². The van der Waals surface area contributed by atoms with Gasteiger partial charge in [0.05, 0.1) is 0 Å². The molecular weight excluding hydrogens is 240 g/mol. The van der Waals surface area contributed by atoms with Crippen LogP contribution in [0.2, 0.25) is 0 Å². The number of rotatable bonds is 7. The van der Waals surface area contributed by atoms with E-state index in [0.29, 0.717) is 0 Å². The second kappa shape index (κ2) is 7.89. The minimum atomic E-state index is 0.758. The molecule has 0 saturated carbocycles. The highest BCUT2D eigenvalue weighted by Gasteiger charge is 2.12. The molecule has 2 aromatic carbocycles. The quantitative estimate of drug-likeness (QED) is 0.618. The Balaban J connectivity index is 1.73. The number of hydrogen-bond acceptors (Lipinski definition) is 0. The second-order valence-corrected chi connectivity index (χ2v) is 6.02. The molecule has 0 saturated heterocycles. The van der Waals surface area contributed by atoms with Gasteiger partial charge in [0.15, 0.2) is 0 Å². The fourth-order valence-electron chi connectivity index (χ4n) is 2.74. The van der Waals surface area contributed by atoms with Gasteiger partial charge in [-0.25, -0.2) is 0 Å². The fourth-order valence-corrected chi connectivity index (χ4v) is 2.74. The van der Waals surface area contributed by atoms with Gasteiger partial charge in [0.1, 0.15) is 0 Å². The molecule has 0 radical (unpaired) electrons. The molecule has 0 heteroatoms. The van der Waals surface area contributed by atoms with Crippen LogP contribution in [0.25, 0.3) is 0 Å². The van der Waals surface area contributed by atoms with Crippen molar-refractivity contribution in [2.45, 2.75) is 39.5 Å². The maximum absolute atomic E-state index is 2.40. The van der Waals surface area contributed by atoms with Crippen LogP contribution in [0.3, 0.4) is 0 Å². The molecule has 0 amide bonds. The summed E-state index contributed by atoms with van der Waals surface area (Å²) in [5.41, 5.74) is 2.94. The molecule has 0 aliphatic rings. The first kappa shape index (κ1) is 14.8. The Labute approximate surface area is 123 Å². The molecule has 2 aromatic rings. The lowest BCUT2D eigenvalue weighted by molar-refractivity contribution is 0.354. The maximum atomic E-state index is 2.40. The van der Waals surface area contributed by atoms with Crippen LogP contribution in [0.1, 0.15) is 37.8 Å². The molecule has 0 aliphatic heterocycles. The maximum Gasteiger partial charge on any atom is -0.0250 e. The first-order valence-corrected chi connectivity index (χ1v) is 7.83. The third-order valence-electron chi connectivity index (χ3n) is 4.34. The highest BCUT2D eigenvalue weighted by Crippen LogP contribution is 2.22. The SMILES string of the molecule is CC(CCCc1ccccc1)C(C)Cc1ccccc1. The van der Waals surface area contributed by atoms with Gasteiger partial charge in [0.2, 0.25) is 0 Å². The minimum Gasteiger partial charge on any atom is -0.0622 e. The summed E-state index contributed by atoms with van der Waals surface area (Å²) in [5, 5.41) is 0. The van der Waals surface area contributed by atoms with Gasteiger partial charge in [-0.15, -0.1) is 0 Å². The zero-order chi connectivity index (χ0) is 14.2. The van der Waals surface area contributed by atoms with Crippen molar-refractivity contribution in [3.8, 4) is 0 Å². The molecule has 0 spiro atoms. The molecule has 0 N–H and O–H groups in total. The van der Waals surface area contributed by atoms with Crippen LogP contribution in [-0.2, 0) is 12.8 Å². The van der Waals surface area contributed by atoms with Gasteiger partial charge in [-0.05, 0) is 42.2 Å². The molecule has 0 aliphatic carbocycles. The van der Waals surface area contributed by atoms with Crippen molar-refractivity contribution in [2.24, 2.45) is 11.8 Å². The lowest BCUT2D eigenvalue weighted by Gasteiger charge is -2.20. The third-order valence-corrected chi connectivity index (χ3v) is 4.34. The van der Waals surface area contributed by atoms with Crippen molar-refractivity contribution in [1.29, 1.82) is 0 Å². The molecule has 0 fully saturated rings. The molecule has 0 heterocycles. The first-order valence-electron chi connectivity index (χ1n) is 7.83. The van der Waals surface area contributed by atoms with Crippen molar-refractivity contribution in [3.63, 3.8) is 0 Å². The van der Waals surface area contributed by atoms with Crippen molar-refractivity contribution in [2.75, 3.05) is 0 Å². The van der Waals surface area contributed by atoms with Crippen molar-refractivity contribution < 1.29 is 0 Å². The Hall–Kier alpha value is -1.56. The van der Waals surface area contributed by atoms with Crippen LogP contribution < -0.4 is 0 Å². The van der Waals surface area contributed by atoms with Gasteiger partial charge in [-0.1, -0.05) is 80.9 Å². The van der Waals surface area contributed by atoms with Crippen LogP contribution in [0.4, 0.5) is 0 Å². The molecule has 2 unspecified atom stereocenters. The van der Waals surface area contributed by atoms with Crippen LogP contribution in [0.5, 0.6) is 0 Å². The summed E-state index contributed by atoms with van der Waals surface area (Å²) in [5.74, 6) is 1.55. The molecule has 106 valence electrons. The van der Waals surface area contributed by atoms with Gasteiger partial charge in [-0.2, -0.15) is 0 Å². The predicted molar refractivity (Wildman–Crippen MR) is 87.9 cm³/mol. The Morgan fingerprint density at radius 3 is 1.85 bits per heavy atom. The molecule has 2 rings (SSSR count). The summed E-state index contributed by atoms with van der Waals surface area (Å²) >= 11 is 0. The van der Waals surface area contributed by atoms with Gasteiger partial charge in [-0.3, -0.25) is 0 Å². The highest BCUT2D eigenvalue weighted by molar-refractivity contribution is 5.15. The predicted octanol–water partition coefficient (Wildman–Crippen LogP) is 5.52. The molecule has 0 nitrogen and oxygen atoms in total. The molecule has 0 aromatic heterocycles. The number of aryl methyl sites for hydroxylation is 1. The molecule has 20 heavy (non-hydrogen) atoms. The van der Waals surface area contributed by atoms with E-state index in [1.165, 1.54) is 36.8 Å². The summed E-state index contributed by atoms with van der Waals surface area (Å²) in [4.78, 5) is 0. The largest absolute Gasteiger partial charge is 0.0622 e. The van der Waals surface area contributed by atoms with Crippen LogP contribution in [0.15, 0.2) is 60.7 Å². The minimum absolute atomic E-state index is 0.758. The Kier molecular flexibility index (Phi) is 5.86. The monoisotopic (exact) mass is 266 g/mol. The van der Waals surface area contributed by atoms with Gasteiger partial charge in [0.25, 0.3) is 0 Å². The zero-order valence-corrected chi connectivity index (χ0v) is 12.8. The fraction of sp³-hybridized carbons (Fsp3) is 0.400. The van der Waals surface area contributed by atoms with E-state index in [4.69, 9.17) is 0 Å². The summed E-state index contributed by atoms with van der Waals surface area (Å²) in [6, 6.07) is 21.7. The van der Waals surface area contributed by atoms with Crippen molar-refractivity contribution in [1.82, 2.24) is 0 Å². The Morgan fingerprint density at radius 1 is 0.700 bits per heavy atom. The number of hydrogen-bond donors (Lipinski definition) is 0. The zero-order valence-electron chi connectivity index (χ0n) is 12.8. The lowest BCUT2D eigenvalue weighted by atomic mass is 9.86. The van der Waals surface area contributed by atoms with Crippen LogP contribution in [0, 0.1) is 11.8 Å². The highest BCUT2D eigenvalue weighted by atomic mass is 14.2. The van der Waals surface area contributed by atoms with E-state index in [9.17, 15) is 0 Å². The Bertz CT molecular complexity index is 472. The van der Waals surface area contributed by atoms with E-state index in [2.05, 4.69) is 74.5 Å². The normalized spacial score (nSPS) is 13.9. The first-order chi connectivity index (χ1) is 9.75. The van der Waals surface area contributed by atoms with Gasteiger partial charge >= 0.3 is 0 Å². The van der Waals surface area contributed by atoms with Gasteiger partial charge in [0, 0.05) is 0 Å². The Morgan fingerprint density at radius 2 is 1.25 bits per heavy atom. The smallest absolute Gasteiger partial charge is 0.0250 e. The summed E-state index contributed by atoms with van der Waals surface area (Å²) in [6.45, 7) is 4.79. The number of benzene rings is 2. The van der Waals surface area contributed by atoms with Gasteiger partial charge < -0.3 is 0 Å². The van der Waals surface area contributed by atoms with E-state index in [-0.39, 0.29) is 0 Å². The van der Waals surface area contributed by atoms with Crippen LogP contribution in [-0.4, -0.2) is 0 Å². The average Bonchev–Trinajstić information content (AvgIpc) is 2.49. The van der Waals surface area contributed by atoms with E-state index in [0.717, 1.165) is 11.8 Å². The summed E-state index contributed by atoms with van der Waals surface area (Å²) < 4.78 is 0. The van der Waals surface area contributed by atoms with Crippen LogP contribution >= 0.6 is 0 Å². The average molecular weight is 266 g/mol. The third kappa shape index (κ3) is 4.85. The summed E-state index contributed by atoms with van der Waals surface area (Å²) in [6.07, 6.45) is 5.03. The molecular formula is C20H26. The van der Waals surface area contributed by atoms with Crippen molar-refractivity contribution in [3.05, 3.63) is 71.8 Å². The summed E-state index contributed by atoms with van der Waals surface area (Å²) in [7, 11) is 0. The van der Waals surface area contributed by atoms with E-state index < -0.39 is 0 Å². The standard InChI is InChI=1S/C20H26/c1-17(10-9-15-19-11-5-3-6-12-19)18(2)16-20-13-7-4-8-14-20/h3-8,11-14,17-18H,9-10,15-16H2,1-2H3. The van der Waals surface area contributed by atoms with E-state index in [1.807, 2.05) is 0 Å². The van der Waals surface area contributed by atoms with Crippen molar-refractivity contribution >= 4 is 0 Å². The topological polar surface area (TPSA) is 0 Å². The second-order valence-electron chi connectivity index (χ2n) is 6.02. The lowest BCUT2D eigenvalue weighted by Crippen LogP contribution is -2.11.